The van der Waals surface area contributed by atoms with Gasteiger partial charge >= 0.3 is 0 Å². The van der Waals surface area contributed by atoms with Crippen LogP contribution in [0.2, 0.25) is 0 Å². The highest BCUT2D eigenvalue weighted by atomic mass is 79.9. The third kappa shape index (κ3) is 5.16. The quantitative estimate of drug-likeness (QED) is 0.455. The fourth-order valence-corrected chi connectivity index (χ4v) is 2.83. The van der Waals surface area contributed by atoms with E-state index >= 15 is 0 Å². The summed E-state index contributed by atoms with van der Waals surface area (Å²) in [7, 11) is 0. The Balaban J connectivity index is 1.81. The van der Waals surface area contributed by atoms with Crippen LogP contribution in [0.15, 0.2) is 57.9 Å². The summed E-state index contributed by atoms with van der Waals surface area (Å²) in [6.07, 6.45) is 0.337. The normalized spacial score (nSPS) is 10.2. The number of carbonyl (C=O) groups excluding carboxylic acids is 1. The van der Waals surface area contributed by atoms with Gasteiger partial charge in [0.15, 0.2) is 0 Å². The Morgan fingerprint density at radius 3 is 2.64 bits per heavy atom. The lowest BCUT2D eigenvalue weighted by molar-refractivity contribution is -0.384. The summed E-state index contributed by atoms with van der Waals surface area (Å²) in [4.78, 5) is 23.1. The zero-order chi connectivity index (χ0) is 15.9. The lowest BCUT2D eigenvalue weighted by atomic mass is 10.3. The third-order valence-electron chi connectivity index (χ3n) is 2.75. The fourth-order valence-electron chi connectivity index (χ4n) is 1.71. The van der Waals surface area contributed by atoms with Crippen LogP contribution in [0.3, 0.4) is 0 Å². The number of anilines is 1. The average molecular weight is 381 g/mol. The fraction of sp³-hybridized carbons (Fsp3) is 0.133. The molecule has 0 atom stereocenters. The first kappa shape index (κ1) is 16.5. The van der Waals surface area contributed by atoms with Crippen LogP contribution < -0.4 is 5.32 Å². The Morgan fingerprint density at radius 2 is 1.95 bits per heavy atom. The minimum absolute atomic E-state index is 0.0398. The zero-order valence-corrected chi connectivity index (χ0v) is 13.9. The summed E-state index contributed by atoms with van der Waals surface area (Å²) >= 11 is 4.95. The number of carbonyl (C=O) groups is 1. The van der Waals surface area contributed by atoms with Gasteiger partial charge in [-0.05, 0) is 30.3 Å². The Bertz CT molecular complexity index is 677. The number of hydrogen-bond acceptors (Lipinski definition) is 4. The Kier molecular flexibility index (Phi) is 5.97. The van der Waals surface area contributed by atoms with Crippen molar-refractivity contribution in [2.45, 2.75) is 11.3 Å². The average Bonchev–Trinajstić information content (AvgIpc) is 2.49. The van der Waals surface area contributed by atoms with Crippen LogP contribution in [0.4, 0.5) is 11.4 Å². The molecular weight excluding hydrogens is 368 g/mol. The first-order valence-corrected chi connectivity index (χ1v) is 8.25. The van der Waals surface area contributed by atoms with Crippen molar-refractivity contribution in [1.29, 1.82) is 0 Å². The molecule has 0 aliphatic heterocycles. The van der Waals surface area contributed by atoms with Crippen molar-refractivity contribution in [3.8, 4) is 0 Å². The lowest BCUT2D eigenvalue weighted by Gasteiger charge is -2.05. The molecule has 2 aromatic carbocycles. The molecule has 1 N–H and O–H groups in total. The van der Waals surface area contributed by atoms with Crippen molar-refractivity contribution in [2.24, 2.45) is 0 Å². The van der Waals surface area contributed by atoms with E-state index in [1.807, 2.05) is 24.3 Å². The molecule has 1 amide bonds. The molecule has 0 heterocycles. The number of nitro groups is 1. The van der Waals surface area contributed by atoms with Gasteiger partial charge in [-0.15, -0.1) is 11.8 Å². The predicted molar refractivity (Wildman–Crippen MR) is 91.2 cm³/mol. The van der Waals surface area contributed by atoms with Gasteiger partial charge in [0.1, 0.15) is 0 Å². The third-order valence-corrected chi connectivity index (χ3v) is 4.29. The highest BCUT2D eigenvalue weighted by Crippen LogP contribution is 2.22. The molecule has 0 aliphatic carbocycles. The molecule has 0 aromatic heterocycles. The minimum Gasteiger partial charge on any atom is -0.326 e. The maximum atomic E-state index is 11.8. The highest BCUT2D eigenvalue weighted by Gasteiger charge is 2.08. The number of non-ortho nitro benzene ring substituents is 1. The Labute approximate surface area is 140 Å². The molecule has 114 valence electrons. The smallest absolute Gasteiger partial charge is 0.271 e. The summed E-state index contributed by atoms with van der Waals surface area (Å²) < 4.78 is 1.01. The number of thioether (sulfide) groups is 1. The van der Waals surface area contributed by atoms with Gasteiger partial charge in [-0.25, -0.2) is 0 Å². The second kappa shape index (κ2) is 7.95. The molecule has 7 heteroatoms. The van der Waals surface area contributed by atoms with Crippen molar-refractivity contribution >= 4 is 45.0 Å². The van der Waals surface area contributed by atoms with Gasteiger partial charge in [0.05, 0.1) is 4.92 Å². The van der Waals surface area contributed by atoms with E-state index in [4.69, 9.17) is 0 Å². The molecule has 0 fully saturated rings. The van der Waals surface area contributed by atoms with E-state index in [9.17, 15) is 14.9 Å². The second-order valence-electron chi connectivity index (χ2n) is 4.41. The van der Waals surface area contributed by atoms with Gasteiger partial charge in [-0.3, -0.25) is 14.9 Å². The van der Waals surface area contributed by atoms with Crippen LogP contribution in [0.1, 0.15) is 6.42 Å². The topological polar surface area (TPSA) is 72.2 Å². The van der Waals surface area contributed by atoms with Crippen molar-refractivity contribution in [2.75, 3.05) is 11.1 Å². The summed E-state index contributed by atoms with van der Waals surface area (Å²) in [5, 5.41) is 13.3. The van der Waals surface area contributed by atoms with Crippen LogP contribution >= 0.6 is 27.7 Å². The van der Waals surface area contributed by atoms with Crippen molar-refractivity contribution in [3.63, 3.8) is 0 Å². The van der Waals surface area contributed by atoms with Crippen LogP contribution in [-0.2, 0) is 4.79 Å². The maximum absolute atomic E-state index is 11.8. The SMILES string of the molecule is O=C(CCSc1ccc(Br)cc1)Nc1cccc([N+](=O)[O-])c1. The second-order valence-corrected chi connectivity index (χ2v) is 6.49. The van der Waals surface area contributed by atoms with Gasteiger partial charge in [-0.2, -0.15) is 0 Å². The van der Waals surface area contributed by atoms with Crippen molar-refractivity contribution in [1.82, 2.24) is 0 Å². The van der Waals surface area contributed by atoms with Crippen LogP contribution in [-0.4, -0.2) is 16.6 Å². The van der Waals surface area contributed by atoms with Crippen molar-refractivity contribution in [3.05, 3.63) is 63.1 Å². The van der Waals surface area contributed by atoms with Crippen LogP contribution in [0, 0.1) is 10.1 Å². The molecule has 5 nitrogen and oxygen atoms in total. The molecule has 0 radical (unpaired) electrons. The molecular formula is C15H13BrN2O3S. The number of amides is 1. The lowest BCUT2D eigenvalue weighted by Crippen LogP contribution is -2.12. The summed E-state index contributed by atoms with van der Waals surface area (Å²) in [6, 6.07) is 13.8. The van der Waals surface area contributed by atoms with E-state index in [0.717, 1.165) is 9.37 Å². The standard InChI is InChI=1S/C15H13BrN2O3S/c16-11-4-6-14(7-5-11)22-9-8-15(19)17-12-2-1-3-13(10-12)18(20)21/h1-7,10H,8-9H2,(H,17,19). The van der Waals surface area contributed by atoms with Gasteiger partial charge in [-0.1, -0.05) is 22.0 Å². The molecule has 0 unspecified atom stereocenters. The summed E-state index contributed by atoms with van der Waals surface area (Å²) in [5.74, 6) is 0.479. The van der Waals surface area contributed by atoms with E-state index in [-0.39, 0.29) is 11.6 Å². The highest BCUT2D eigenvalue weighted by molar-refractivity contribution is 9.10. The monoisotopic (exact) mass is 380 g/mol. The first-order valence-electron chi connectivity index (χ1n) is 6.47. The number of nitrogens with zero attached hydrogens (tertiary/aromatic N) is 1. The number of nitrogens with one attached hydrogen (secondary N) is 1. The van der Waals surface area contributed by atoms with E-state index in [1.54, 1.807) is 23.9 Å². The zero-order valence-electron chi connectivity index (χ0n) is 11.5. The number of rotatable bonds is 6. The molecule has 2 aromatic rings. The van der Waals surface area contributed by atoms with Gasteiger partial charge < -0.3 is 5.32 Å². The van der Waals surface area contributed by atoms with Crippen molar-refractivity contribution < 1.29 is 9.72 Å². The molecule has 0 aliphatic rings. The van der Waals surface area contributed by atoms with E-state index in [1.165, 1.54) is 12.1 Å². The molecule has 0 spiro atoms. The van der Waals surface area contributed by atoms with Gasteiger partial charge in [0.2, 0.25) is 5.91 Å². The minimum atomic E-state index is -0.487. The molecule has 2 rings (SSSR count). The van der Waals surface area contributed by atoms with Gasteiger partial charge in [0.25, 0.3) is 5.69 Å². The number of nitro benzene ring substituents is 1. The van der Waals surface area contributed by atoms with E-state index in [0.29, 0.717) is 17.9 Å². The molecule has 22 heavy (non-hydrogen) atoms. The first-order chi connectivity index (χ1) is 10.5. The number of hydrogen-bond donors (Lipinski definition) is 1. The predicted octanol–water partition coefficient (Wildman–Crippen LogP) is 4.48. The van der Waals surface area contributed by atoms with Crippen LogP contribution in [0.5, 0.6) is 0 Å². The molecule has 0 saturated carbocycles. The van der Waals surface area contributed by atoms with Gasteiger partial charge in [0, 0.05) is 39.4 Å². The molecule has 0 bridgehead atoms. The summed E-state index contributed by atoms with van der Waals surface area (Å²) in [5.41, 5.74) is 0.398. The Hall–Kier alpha value is -1.86. The largest absolute Gasteiger partial charge is 0.326 e. The summed E-state index contributed by atoms with van der Waals surface area (Å²) in [6.45, 7) is 0. The maximum Gasteiger partial charge on any atom is 0.271 e. The number of halogens is 1. The van der Waals surface area contributed by atoms with E-state index < -0.39 is 4.92 Å². The van der Waals surface area contributed by atoms with E-state index in [2.05, 4.69) is 21.2 Å². The number of benzene rings is 2. The molecule has 0 saturated heterocycles. The Morgan fingerprint density at radius 1 is 1.23 bits per heavy atom. The van der Waals surface area contributed by atoms with Crippen LogP contribution in [0.25, 0.3) is 0 Å².